The van der Waals surface area contributed by atoms with Gasteiger partial charge in [0.25, 0.3) is 5.91 Å². The highest BCUT2D eigenvalue weighted by Gasteiger charge is 2.23. The van der Waals surface area contributed by atoms with E-state index in [1.54, 1.807) is 31.2 Å². The number of nitrogens with zero attached hydrogens (tertiary/aromatic N) is 3. The summed E-state index contributed by atoms with van der Waals surface area (Å²) in [5.41, 5.74) is 4.10. The number of carbonyl (C=O) groups excluding carboxylic acids is 1. The van der Waals surface area contributed by atoms with E-state index in [9.17, 15) is 14.7 Å². The third-order valence-electron chi connectivity index (χ3n) is 7.03. The van der Waals surface area contributed by atoms with Gasteiger partial charge >= 0.3 is 5.97 Å². The van der Waals surface area contributed by atoms with Crippen LogP contribution in [0.4, 0.5) is 5.69 Å². The van der Waals surface area contributed by atoms with Crippen molar-refractivity contribution in [3.05, 3.63) is 77.9 Å². The number of ether oxygens (including phenoxy) is 1. The van der Waals surface area contributed by atoms with Crippen LogP contribution >= 0.6 is 0 Å². The van der Waals surface area contributed by atoms with Crippen molar-refractivity contribution in [1.29, 1.82) is 0 Å². The van der Waals surface area contributed by atoms with E-state index in [2.05, 4.69) is 4.57 Å². The summed E-state index contributed by atoms with van der Waals surface area (Å²) < 4.78 is 7.47. The molecule has 7 heteroatoms. The molecule has 0 atom stereocenters. The standard InChI is InChI=1S/C29H29N3O4/c1-31(22-13-15-24(36-2)16-14-22)28(33)20-10-8-19(9-11-20)27-30-25-18-21(29(34)35)12-17-26(25)32(27)23-6-4-3-5-7-23/h8-18,23H,3-7H2,1-2H3,(H,34,35). The number of carboxylic acid groups (broad SMARTS) is 1. The van der Waals surface area contributed by atoms with Crippen LogP contribution in [0.1, 0.15) is 58.9 Å². The molecule has 0 saturated heterocycles. The monoisotopic (exact) mass is 483 g/mol. The van der Waals surface area contributed by atoms with Crippen LogP contribution in [-0.2, 0) is 0 Å². The number of anilines is 1. The Morgan fingerprint density at radius 1 is 0.944 bits per heavy atom. The summed E-state index contributed by atoms with van der Waals surface area (Å²) in [5.74, 6) is 0.468. The van der Waals surface area contributed by atoms with Gasteiger partial charge in [-0.25, -0.2) is 9.78 Å². The number of carboxylic acids is 1. The fraction of sp³-hybridized carbons (Fsp3) is 0.276. The van der Waals surface area contributed by atoms with Crippen molar-refractivity contribution in [3.8, 4) is 17.1 Å². The number of aromatic carboxylic acids is 1. The van der Waals surface area contributed by atoms with Crippen LogP contribution in [0.2, 0.25) is 0 Å². The largest absolute Gasteiger partial charge is 0.497 e. The molecule has 1 amide bonds. The van der Waals surface area contributed by atoms with E-state index in [0.29, 0.717) is 17.1 Å². The third kappa shape index (κ3) is 4.44. The summed E-state index contributed by atoms with van der Waals surface area (Å²) in [6, 6.07) is 20.3. The lowest BCUT2D eigenvalue weighted by Crippen LogP contribution is -2.26. The van der Waals surface area contributed by atoms with Gasteiger partial charge in [0.1, 0.15) is 11.6 Å². The number of rotatable bonds is 6. The van der Waals surface area contributed by atoms with E-state index in [0.717, 1.165) is 41.2 Å². The van der Waals surface area contributed by atoms with Gasteiger partial charge in [-0.3, -0.25) is 4.79 Å². The summed E-state index contributed by atoms with van der Waals surface area (Å²) in [4.78, 5) is 31.1. The molecule has 184 valence electrons. The molecule has 3 aromatic carbocycles. The Bertz CT molecular complexity index is 1400. The quantitative estimate of drug-likeness (QED) is 0.353. The summed E-state index contributed by atoms with van der Waals surface area (Å²) in [7, 11) is 3.36. The molecule has 1 heterocycles. The van der Waals surface area contributed by atoms with Crippen molar-refractivity contribution in [2.45, 2.75) is 38.1 Å². The maximum absolute atomic E-state index is 13.1. The third-order valence-corrected chi connectivity index (χ3v) is 7.03. The van der Waals surface area contributed by atoms with Gasteiger partial charge in [-0.1, -0.05) is 31.4 Å². The van der Waals surface area contributed by atoms with E-state index in [1.165, 1.54) is 19.3 Å². The van der Waals surface area contributed by atoms with Crippen LogP contribution in [0.25, 0.3) is 22.4 Å². The van der Waals surface area contributed by atoms with Crippen molar-refractivity contribution in [2.24, 2.45) is 0 Å². The van der Waals surface area contributed by atoms with Crippen molar-refractivity contribution in [2.75, 3.05) is 19.1 Å². The molecule has 0 aliphatic heterocycles. The van der Waals surface area contributed by atoms with Crippen molar-refractivity contribution in [1.82, 2.24) is 9.55 Å². The van der Waals surface area contributed by atoms with Gasteiger partial charge < -0.3 is 19.3 Å². The van der Waals surface area contributed by atoms with Gasteiger partial charge in [-0.05, 0) is 67.4 Å². The first-order valence-electron chi connectivity index (χ1n) is 12.2. The zero-order chi connectivity index (χ0) is 25.2. The zero-order valence-corrected chi connectivity index (χ0v) is 20.5. The lowest BCUT2D eigenvalue weighted by atomic mass is 9.94. The SMILES string of the molecule is COc1ccc(N(C)C(=O)c2ccc(-c3nc4cc(C(=O)O)ccc4n3C3CCCCC3)cc2)cc1. The predicted molar refractivity (Wildman–Crippen MR) is 140 cm³/mol. The lowest BCUT2D eigenvalue weighted by molar-refractivity contribution is 0.0696. The van der Waals surface area contributed by atoms with E-state index in [-0.39, 0.29) is 11.5 Å². The molecule has 1 saturated carbocycles. The number of aromatic nitrogens is 2. The Morgan fingerprint density at radius 2 is 1.61 bits per heavy atom. The van der Waals surface area contributed by atoms with Crippen molar-refractivity contribution < 1.29 is 19.4 Å². The van der Waals surface area contributed by atoms with Crippen LogP contribution in [0.3, 0.4) is 0 Å². The second-order valence-electron chi connectivity index (χ2n) is 9.25. The Labute approximate surface area is 210 Å². The molecule has 1 aliphatic carbocycles. The Balaban J connectivity index is 1.49. The molecule has 1 aromatic heterocycles. The van der Waals surface area contributed by atoms with Gasteiger partial charge in [-0.15, -0.1) is 0 Å². The Kier molecular flexibility index (Phi) is 6.46. The molecule has 1 fully saturated rings. The molecule has 4 aromatic rings. The molecule has 5 rings (SSSR count). The molecule has 7 nitrogen and oxygen atoms in total. The number of benzene rings is 3. The molecular formula is C29H29N3O4. The van der Waals surface area contributed by atoms with Gasteiger partial charge in [-0.2, -0.15) is 0 Å². The predicted octanol–water partition coefficient (Wildman–Crippen LogP) is 6.19. The average Bonchev–Trinajstić information content (AvgIpc) is 3.31. The Hall–Kier alpha value is -4.13. The second kappa shape index (κ2) is 9.85. The maximum atomic E-state index is 13.1. The molecule has 0 unspecified atom stereocenters. The highest BCUT2D eigenvalue weighted by Crippen LogP contribution is 2.36. The smallest absolute Gasteiger partial charge is 0.335 e. The minimum absolute atomic E-state index is 0.112. The van der Waals surface area contributed by atoms with Crippen LogP contribution in [0.5, 0.6) is 5.75 Å². The summed E-state index contributed by atoms with van der Waals surface area (Å²) in [5, 5.41) is 9.45. The zero-order valence-electron chi connectivity index (χ0n) is 20.5. The van der Waals surface area contributed by atoms with Gasteiger partial charge in [0.2, 0.25) is 0 Å². The number of amides is 1. The van der Waals surface area contributed by atoms with E-state index in [1.807, 2.05) is 54.6 Å². The number of hydrogen-bond donors (Lipinski definition) is 1. The normalized spacial score (nSPS) is 14.1. The minimum Gasteiger partial charge on any atom is -0.497 e. The molecular weight excluding hydrogens is 454 g/mol. The van der Waals surface area contributed by atoms with Gasteiger partial charge in [0.05, 0.1) is 23.7 Å². The summed E-state index contributed by atoms with van der Waals surface area (Å²) in [6.45, 7) is 0. The van der Waals surface area contributed by atoms with E-state index >= 15 is 0 Å². The lowest BCUT2D eigenvalue weighted by Gasteiger charge is -2.25. The fourth-order valence-corrected chi connectivity index (χ4v) is 5.02. The van der Waals surface area contributed by atoms with Crippen molar-refractivity contribution >= 4 is 28.6 Å². The second-order valence-corrected chi connectivity index (χ2v) is 9.25. The van der Waals surface area contributed by atoms with Crippen LogP contribution in [-0.4, -0.2) is 40.7 Å². The number of imidazole rings is 1. The highest BCUT2D eigenvalue weighted by atomic mass is 16.5. The minimum atomic E-state index is -0.963. The number of hydrogen-bond acceptors (Lipinski definition) is 4. The summed E-state index contributed by atoms with van der Waals surface area (Å²) >= 11 is 0. The topological polar surface area (TPSA) is 84.7 Å². The van der Waals surface area contributed by atoms with Crippen molar-refractivity contribution in [3.63, 3.8) is 0 Å². The number of fused-ring (bicyclic) bond motifs is 1. The van der Waals surface area contributed by atoms with Gasteiger partial charge in [0.15, 0.2) is 0 Å². The maximum Gasteiger partial charge on any atom is 0.335 e. The van der Waals surface area contributed by atoms with E-state index in [4.69, 9.17) is 9.72 Å². The molecule has 1 aliphatic rings. The first-order valence-corrected chi connectivity index (χ1v) is 12.2. The van der Waals surface area contributed by atoms with Crippen LogP contribution < -0.4 is 9.64 Å². The highest BCUT2D eigenvalue weighted by molar-refractivity contribution is 6.06. The summed E-state index contributed by atoms with van der Waals surface area (Å²) in [6.07, 6.45) is 5.72. The molecule has 0 radical (unpaired) electrons. The van der Waals surface area contributed by atoms with E-state index < -0.39 is 5.97 Å². The molecule has 1 N–H and O–H groups in total. The molecule has 36 heavy (non-hydrogen) atoms. The molecule has 0 bridgehead atoms. The van der Waals surface area contributed by atoms with Gasteiger partial charge in [0, 0.05) is 29.9 Å². The first kappa shape index (κ1) is 23.6. The Morgan fingerprint density at radius 3 is 2.25 bits per heavy atom. The number of methoxy groups -OCH3 is 1. The van der Waals surface area contributed by atoms with Crippen LogP contribution in [0, 0.1) is 0 Å². The van der Waals surface area contributed by atoms with Crippen LogP contribution in [0.15, 0.2) is 66.7 Å². The number of carbonyl (C=O) groups is 2. The molecule has 0 spiro atoms. The first-order chi connectivity index (χ1) is 17.5. The average molecular weight is 484 g/mol. The fourth-order valence-electron chi connectivity index (χ4n) is 5.02.